The van der Waals surface area contributed by atoms with E-state index < -0.39 is 0 Å². The molecule has 2 aromatic rings. The number of anilines is 2. The monoisotopic (exact) mass is 282 g/mol. The van der Waals surface area contributed by atoms with Gasteiger partial charge >= 0.3 is 0 Å². The standard InChI is InChI=1S/C17H22N4/c18-17-13-6-8-19-11-12(13)4-5-15(17)20-14-7-10-21-9-2-1-3-16(14)21/h4-6,8,11,14,16,20H,1-3,7,9-10,18H2. The van der Waals surface area contributed by atoms with Gasteiger partial charge in [-0.25, -0.2) is 0 Å². The number of hydrogen-bond acceptors (Lipinski definition) is 4. The van der Waals surface area contributed by atoms with E-state index in [-0.39, 0.29) is 0 Å². The van der Waals surface area contributed by atoms with E-state index >= 15 is 0 Å². The molecule has 2 saturated heterocycles. The number of pyridine rings is 1. The summed E-state index contributed by atoms with van der Waals surface area (Å²) in [5.41, 5.74) is 8.29. The Morgan fingerprint density at radius 3 is 3.05 bits per heavy atom. The number of rotatable bonds is 2. The lowest BCUT2D eigenvalue weighted by Crippen LogP contribution is -2.41. The van der Waals surface area contributed by atoms with Crippen LogP contribution in [0.15, 0.2) is 30.6 Å². The van der Waals surface area contributed by atoms with Gasteiger partial charge in [0.2, 0.25) is 0 Å². The molecule has 4 heteroatoms. The van der Waals surface area contributed by atoms with Gasteiger partial charge in [-0.05, 0) is 37.9 Å². The molecule has 2 unspecified atom stereocenters. The molecule has 21 heavy (non-hydrogen) atoms. The predicted molar refractivity (Wildman–Crippen MR) is 87.4 cm³/mol. The molecule has 2 fully saturated rings. The minimum atomic E-state index is 0.534. The van der Waals surface area contributed by atoms with Crippen LogP contribution in [0.4, 0.5) is 11.4 Å². The third-order valence-electron chi connectivity index (χ3n) is 5.06. The first-order valence-electron chi connectivity index (χ1n) is 7.96. The molecule has 3 heterocycles. The molecule has 3 N–H and O–H groups in total. The largest absolute Gasteiger partial charge is 0.397 e. The van der Waals surface area contributed by atoms with Crippen LogP contribution in [0, 0.1) is 0 Å². The summed E-state index contributed by atoms with van der Waals surface area (Å²) in [5, 5.41) is 5.91. The molecule has 0 saturated carbocycles. The van der Waals surface area contributed by atoms with Crippen molar-refractivity contribution in [1.82, 2.24) is 9.88 Å². The number of nitrogens with zero attached hydrogens (tertiary/aromatic N) is 2. The first-order valence-corrected chi connectivity index (χ1v) is 7.96. The summed E-state index contributed by atoms with van der Waals surface area (Å²) in [6.45, 7) is 2.49. The van der Waals surface area contributed by atoms with Crippen LogP contribution in [0.3, 0.4) is 0 Å². The number of hydrogen-bond donors (Lipinski definition) is 2. The number of nitrogens with one attached hydrogen (secondary N) is 1. The number of nitrogens with two attached hydrogens (primary N) is 1. The van der Waals surface area contributed by atoms with Gasteiger partial charge in [0, 0.05) is 41.8 Å². The quantitative estimate of drug-likeness (QED) is 0.832. The van der Waals surface area contributed by atoms with E-state index in [4.69, 9.17) is 5.73 Å². The topological polar surface area (TPSA) is 54.2 Å². The van der Waals surface area contributed by atoms with E-state index in [0.717, 1.165) is 22.1 Å². The van der Waals surface area contributed by atoms with Crippen molar-refractivity contribution in [2.24, 2.45) is 0 Å². The van der Waals surface area contributed by atoms with Crippen molar-refractivity contribution in [3.63, 3.8) is 0 Å². The van der Waals surface area contributed by atoms with E-state index in [0.29, 0.717) is 12.1 Å². The zero-order chi connectivity index (χ0) is 14.2. The van der Waals surface area contributed by atoms with Gasteiger partial charge in [-0.1, -0.05) is 12.5 Å². The van der Waals surface area contributed by atoms with Crippen LogP contribution in [0.5, 0.6) is 0 Å². The Labute approximate surface area is 125 Å². The Balaban J connectivity index is 1.61. The van der Waals surface area contributed by atoms with Crippen molar-refractivity contribution in [3.8, 4) is 0 Å². The molecule has 1 aromatic heterocycles. The second kappa shape index (κ2) is 5.19. The van der Waals surface area contributed by atoms with E-state index in [1.165, 1.54) is 38.8 Å². The lowest BCUT2D eigenvalue weighted by Gasteiger charge is -2.33. The Morgan fingerprint density at radius 1 is 1.14 bits per heavy atom. The Morgan fingerprint density at radius 2 is 2.10 bits per heavy atom. The van der Waals surface area contributed by atoms with Crippen molar-refractivity contribution in [2.75, 3.05) is 24.1 Å². The molecule has 0 spiro atoms. The van der Waals surface area contributed by atoms with E-state index in [1.807, 2.05) is 12.3 Å². The molecule has 0 radical (unpaired) electrons. The van der Waals surface area contributed by atoms with Crippen molar-refractivity contribution in [3.05, 3.63) is 30.6 Å². The van der Waals surface area contributed by atoms with Crippen LogP contribution >= 0.6 is 0 Å². The molecule has 4 nitrogen and oxygen atoms in total. The fourth-order valence-corrected chi connectivity index (χ4v) is 3.93. The summed E-state index contributed by atoms with van der Waals surface area (Å²) >= 11 is 0. The van der Waals surface area contributed by atoms with Crippen molar-refractivity contribution >= 4 is 22.1 Å². The summed E-state index contributed by atoms with van der Waals surface area (Å²) in [7, 11) is 0. The van der Waals surface area contributed by atoms with Gasteiger partial charge < -0.3 is 11.1 Å². The second-order valence-corrected chi connectivity index (χ2v) is 6.26. The highest BCUT2D eigenvalue weighted by Gasteiger charge is 2.35. The second-order valence-electron chi connectivity index (χ2n) is 6.26. The molecule has 0 aliphatic carbocycles. The fraction of sp³-hybridized carbons (Fsp3) is 0.471. The van der Waals surface area contributed by atoms with Crippen molar-refractivity contribution < 1.29 is 0 Å². The number of aromatic nitrogens is 1. The van der Waals surface area contributed by atoms with E-state index in [2.05, 4.69) is 27.3 Å². The molecule has 1 aromatic carbocycles. The molecule has 2 atom stereocenters. The van der Waals surface area contributed by atoms with Gasteiger partial charge in [0.05, 0.1) is 11.4 Å². The smallest absolute Gasteiger partial charge is 0.0630 e. The van der Waals surface area contributed by atoms with Crippen LogP contribution in [0.2, 0.25) is 0 Å². The maximum atomic E-state index is 6.36. The maximum absolute atomic E-state index is 6.36. The van der Waals surface area contributed by atoms with E-state index in [9.17, 15) is 0 Å². The molecular formula is C17H22N4. The van der Waals surface area contributed by atoms with Gasteiger partial charge in [-0.3, -0.25) is 9.88 Å². The Kier molecular flexibility index (Phi) is 3.19. The van der Waals surface area contributed by atoms with Crippen LogP contribution < -0.4 is 11.1 Å². The molecule has 2 aliphatic rings. The third kappa shape index (κ3) is 2.23. The highest BCUT2D eigenvalue weighted by atomic mass is 15.2. The lowest BCUT2D eigenvalue weighted by molar-refractivity contribution is 0.193. The Bertz CT molecular complexity index is 654. The lowest BCUT2D eigenvalue weighted by atomic mass is 9.98. The summed E-state index contributed by atoms with van der Waals surface area (Å²) < 4.78 is 0. The summed E-state index contributed by atoms with van der Waals surface area (Å²) in [4.78, 5) is 6.80. The Hall–Kier alpha value is -1.81. The van der Waals surface area contributed by atoms with Gasteiger partial charge in [0.25, 0.3) is 0 Å². The van der Waals surface area contributed by atoms with Crippen LogP contribution in [0.25, 0.3) is 10.8 Å². The first-order chi connectivity index (χ1) is 10.3. The highest BCUT2D eigenvalue weighted by Crippen LogP contribution is 2.33. The summed E-state index contributed by atoms with van der Waals surface area (Å²) in [6.07, 6.45) is 8.93. The summed E-state index contributed by atoms with van der Waals surface area (Å²) in [6, 6.07) is 7.43. The number of benzene rings is 1. The average Bonchev–Trinajstić information content (AvgIpc) is 2.94. The molecule has 110 valence electrons. The van der Waals surface area contributed by atoms with Crippen molar-refractivity contribution in [2.45, 2.75) is 37.8 Å². The summed E-state index contributed by atoms with van der Waals surface area (Å²) in [5.74, 6) is 0. The minimum Gasteiger partial charge on any atom is -0.397 e. The minimum absolute atomic E-state index is 0.534. The van der Waals surface area contributed by atoms with Crippen LogP contribution in [-0.4, -0.2) is 35.1 Å². The van der Waals surface area contributed by atoms with Gasteiger partial charge in [-0.2, -0.15) is 0 Å². The predicted octanol–water partition coefficient (Wildman–Crippen LogP) is 2.86. The number of nitrogen functional groups attached to an aromatic ring is 1. The van der Waals surface area contributed by atoms with Gasteiger partial charge in [0.15, 0.2) is 0 Å². The number of piperidine rings is 1. The number of fused-ring (bicyclic) bond motifs is 2. The van der Waals surface area contributed by atoms with E-state index in [1.54, 1.807) is 6.20 Å². The normalized spacial score (nSPS) is 25.9. The zero-order valence-corrected chi connectivity index (χ0v) is 12.3. The molecule has 0 amide bonds. The highest BCUT2D eigenvalue weighted by molar-refractivity contribution is 5.98. The van der Waals surface area contributed by atoms with Crippen LogP contribution in [-0.2, 0) is 0 Å². The molecule has 0 bridgehead atoms. The van der Waals surface area contributed by atoms with Gasteiger partial charge in [0.1, 0.15) is 0 Å². The van der Waals surface area contributed by atoms with Crippen LogP contribution in [0.1, 0.15) is 25.7 Å². The van der Waals surface area contributed by atoms with Crippen molar-refractivity contribution in [1.29, 1.82) is 0 Å². The van der Waals surface area contributed by atoms with Gasteiger partial charge in [-0.15, -0.1) is 0 Å². The third-order valence-corrected chi connectivity index (χ3v) is 5.06. The molecule has 2 aliphatic heterocycles. The SMILES string of the molecule is Nc1c(NC2CCN3CCCCC23)ccc2cnccc12. The maximum Gasteiger partial charge on any atom is 0.0630 e. The zero-order valence-electron chi connectivity index (χ0n) is 12.3. The first kappa shape index (κ1) is 12.9. The fourth-order valence-electron chi connectivity index (χ4n) is 3.93. The average molecular weight is 282 g/mol. The molecular weight excluding hydrogens is 260 g/mol. The molecule has 4 rings (SSSR count).